The third-order valence-electron chi connectivity index (χ3n) is 4.85. The van der Waals surface area contributed by atoms with Crippen LogP contribution in [0.5, 0.6) is 5.75 Å². The fraction of sp³-hybridized carbons (Fsp3) is 0.0833. The van der Waals surface area contributed by atoms with E-state index in [1.807, 2.05) is 48.5 Å². The highest BCUT2D eigenvalue weighted by Crippen LogP contribution is 2.30. The summed E-state index contributed by atoms with van der Waals surface area (Å²) in [6.07, 6.45) is 0. The van der Waals surface area contributed by atoms with Gasteiger partial charge in [-0.3, -0.25) is 10.1 Å². The third-order valence-corrected chi connectivity index (χ3v) is 5.38. The summed E-state index contributed by atoms with van der Waals surface area (Å²) in [6, 6.07) is 26.7. The highest BCUT2D eigenvalue weighted by Gasteiger charge is 2.10. The van der Waals surface area contributed by atoms with Crippen molar-refractivity contribution in [3.63, 3.8) is 0 Å². The molecule has 150 valence electrons. The second-order valence-electron chi connectivity index (χ2n) is 6.84. The summed E-state index contributed by atoms with van der Waals surface area (Å²) < 4.78 is 7.15. The Morgan fingerprint density at radius 1 is 0.900 bits per heavy atom. The van der Waals surface area contributed by atoms with Gasteiger partial charge in [-0.25, -0.2) is 0 Å². The van der Waals surface area contributed by atoms with E-state index in [1.54, 1.807) is 12.1 Å². The number of hydrogen-bond acceptors (Lipinski definition) is 4. The van der Waals surface area contributed by atoms with E-state index >= 15 is 0 Å². The van der Waals surface area contributed by atoms with E-state index in [1.165, 1.54) is 12.1 Å². The number of anilines is 1. The van der Waals surface area contributed by atoms with E-state index in [9.17, 15) is 10.1 Å². The van der Waals surface area contributed by atoms with Crippen LogP contribution >= 0.6 is 15.9 Å². The number of ether oxygens (including phenoxy) is 1. The van der Waals surface area contributed by atoms with Gasteiger partial charge in [-0.15, -0.1) is 0 Å². The molecule has 0 radical (unpaired) electrons. The largest absolute Gasteiger partial charge is 0.489 e. The quantitative estimate of drug-likeness (QED) is 0.245. The van der Waals surface area contributed by atoms with Gasteiger partial charge in [-0.1, -0.05) is 46.3 Å². The van der Waals surface area contributed by atoms with E-state index in [4.69, 9.17) is 4.74 Å². The Labute approximate surface area is 182 Å². The molecule has 0 aliphatic rings. The molecule has 5 nitrogen and oxygen atoms in total. The van der Waals surface area contributed by atoms with Crippen molar-refractivity contribution in [1.29, 1.82) is 0 Å². The summed E-state index contributed by atoms with van der Waals surface area (Å²) in [7, 11) is 0. The second-order valence-corrected chi connectivity index (χ2v) is 7.75. The first-order chi connectivity index (χ1) is 14.6. The Morgan fingerprint density at radius 2 is 1.63 bits per heavy atom. The summed E-state index contributed by atoms with van der Waals surface area (Å²) in [6.45, 7) is 0.945. The lowest BCUT2D eigenvalue weighted by Gasteiger charge is -2.16. The van der Waals surface area contributed by atoms with Crippen LogP contribution in [0.4, 0.5) is 11.4 Å². The lowest BCUT2D eigenvalue weighted by atomic mass is 10.0. The van der Waals surface area contributed by atoms with Gasteiger partial charge >= 0.3 is 0 Å². The van der Waals surface area contributed by atoms with Crippen LogP contribution in [0.15, 0.2) is 89.4 Å². The number of nitro benzene ring substituents is 1. The van der Waals surface area contributed by atoms with E-state index in [0.29, 0.717) is 13.2 Å². The minimum absolute atomic E-state index is 0.0730. The highest BCUT2D eigenvalue weighted by molar-refractivity contribution is 9.10. The van der Waals surface area contributed by atoms with Gasteiger partial charge in [0.05, 0.1) is 4.92 Å². The molecule has 30 heavy (non-hydrogen) atoms. The van der Waals surface area contributed by atoms with Crippen molar-refractivity contribution in [1.82, 2.24) is 0 Å². The van der Waals surface area contributed by atoms with Crippen molar-refractivity contribution in [2.24, 2.45) is 0 Å². The molecule has 0 unspecified atom stereocenters. The zero-order chi connectivity index (χ0) is 20.9. The molecule has 0 spiro atoms. The Morgan fingerprint density at radius 3 is 2.37 bits per heavy atom. The molecule has 0 saturated heterocycles. The smallest absolute Gasteiger partial charge is 0.269 e. The molecular formula is C24H19BrN2O3. The molecule has 0 aliphatic carbocycles. The van der Waals surface area contributed by atoms with Crippen molar-refractivity contribution in [2.45, 2.75) is 13.2 Å². The van der Waals surface area contributed by atoms with Crippen LogP contribution in [0.1, 0.15) is 11.1 Å². The van der Waals surface area contributed by atoms with Gasteiger partial charge in [0.1, 0.15) is 12.4 Å². The van der Waals surface area contributed by atoms with Crippen LogP contribution < -0.4 is 10.1 Å². The molecule has 1 N–H and O–H groups in total. The normalized spacial score (nSPS) is 10.7. The van der Waals surface area contributed by atoms with E-state index in [0.717, 1.165) is 37.8 Å². The minimum Gasteiger partial charge on any atom is -0.489 e. The molecule has 0 saturated carbocycles. The number of hydrogen-bond donors (Lipinski definition) is 1. The average Bonchev–Trinajstić information content (AvgIpc) is 2.77. The first kappa shape index (κ1) is 19.9. The lowest BCUT2D eigenvalue weighted by molar-refractivity contribution is -0.384. The standard InChI is InChI=1S/C24H19BrN2O3/c25-19-8-10-20(11-9-19)26-15-23-22-4-2-1-3-18(22)7-14-24(23)30-16-17-5-12-21(13-6-17)27(28)29/h1-14,26H,15-16H2. The van der Waals surface area contributed by atoms with Crippen molar-refractivity contribution in [3.05, 3.63) is 111 Å². The molecule has 0 aromatic heterocycles. The minimum atomic E-state index is -0.403. The van der Waals surface area contributed by atoms with Crippen LogP contribution in [0.3, 0.4) is 0 Å². The third kappa shape index (κ3) is 4.60. The van der Waals surface area contributed by atoms with E-state index < -0.39 is 4.92 Å². The Kier molecular flexibility index (Phi) is 5.95. The monoisotopic (exact) mass is 462 g/mol. The fourth-order valence-corrected chi connectivity index (χ4v) is 3.53. The number of fused-ring (bicyclic) bond motifs is 1. The molecule has 4 aromatic rings. The summed E-state index contributed by atoms with van der Waals surface area (Å²) >= 11 is 3.46. The average molecular weight is 463 g/mol. The van der Waals surface area contributed by atoms with Gasteiger partial charge in [0.2, 0.25) is 0 Å². The zero-order valence-electron chi connectivity index (χ0n) is 16.0. The Balaban J connectivity index is 1.57. The van der Waals surface area contributed by atoms with Gasteiger partial charge in [0.25, 0.3) is 5.69 Å². The lowest BCUT2D eigenvalue weighted by Crippen LogP contribution is -2.04. The molecule has 0 fully saturated rings. The maximum absolute atomic E-state index is 10.8. The number of halogens is 1. The Hall–Kier alpha value is -3.38. The van der Waals surface area contributed by atoms with Crippen LogP contribution in [-0.4, -0.2) is 4.92 Å². The second kappa shape index (κ2) is 8.97. The molecular weight excluding hydrogens is 444 g/mol. The molecule has 0 atom stereocenters. The Bertz CT molecular complexity index is 1180. The molecule has 0 aliphatic heterocycles. The van der Waals surface area contributed by atoms with Gasteiger partial charge in [-0.05, 0) is 58.8 Å². The predicted molar refractivity (Wildman–Crippen MR) is 123 cm³/mol. The topological polar surface area (TPSA) is 64.4 Å². The fourth-order valence-electron chi connectivity index (χ4n) is 3.27. The summed E-state index contributed by atoms with van der Waals surface area (Å²) in [5.74, 6) is 0.789. The number of non-ortho nitro benzene ring substituents is 1. The summed E-state index contributed by atoms with van der Waals surface area (Å²) in [5, 5.41) is 16.6. The predicted octanol–water partition coefficient (Wildman–Crippen LogP) is 6.70. The van der Waals surface area contributed by atoms with Crippen LogP contribution in [0, 0.1) is 10.1 Å². The van der Waals surface area contributed by atoms with Crippen LogP contribution in [0.2, 0.25) is 0 Å². The maximum atomic E-state index is 10.8. The van der Waals surface area contributed by atoms with Crippen LogP contribution in [0.25, 0.3) is 10.8 Å². The summed E-state index contributed by atoms with van der Waals surface area (Å²) in [4.78, 5) is 10.4. The number of rotatable bonds is 7. The SMILES string of the molecule is O=[N+]([O-])c1ccc(COc2ccc3ccccc3c2CNc2ccc(Br)cc2)cc1. The zero-order valence-corrected chi connectivity index (χ0v) is 17.6. The van der Waals surface area contributed by atoms with Crippen molar-refractivity contribution >= 4 is 38.1 Å². The van der Waals surface area contributed by atoms with Crippen molar-refractivity contribution in [2.75, 3.05) is 5.32 Å². The van der Waals surface area contributed by atoms with Crippen molar-refractivity contribution in [3.8, 4) is 5.75 Å². The van der Waals surface area contributed by atoms with Crippen LogP contribution in [-0.2, 0) is 13.2 Å². The van der Waals surface area contributed by atoms with E-state index in [2.05, 4.69) is 33.4 Å². The molecule has 4 aromatic carbocycles. The molecule has 4 rings (SSSR count). The summed E-state index contributed by atoms with van der Waals surface area (Å²) in [5.41, 5.74) is 3.04. The molecule has 0 heterocycles. The number of nitro groups is 1. The number of nitrogens with one attached hydrogen (secondary N) is 1. The van der Waals surface area contributed by atoms with Gasteiger partial charge in [0, 0.05) is 34.4 Å². The van der Waals surface area contributed by atoms with Gasteiger partial charge < -0.3 is 10.1 Å². The van der Waals surface area contributed by atoms with Gasteiger partial charge in [-0.2, -0.15) is 0 Å². The molecule has 0 bridgehead atoms. The molecule has 0 amide bonds. The highest BCUT2D eigenvalue weighted by atomic mass is 79.9. The maximum Gasteiger partial charge on any atom is 0.269 e. The van der Waals surface area contributed by atoms with Gasteiger partial charge in [0.15, 0.2) is 0 Å². The molecule has 6 heteroatoms. The number of benzene rings is 4. The van der Waals surface area contributed by atoms with Crippen molar-refractivity contribution < 1.29 is 9.66 Å². The number of nitrogens with zero attached hydrogens (tertiary/aromatic N) is 1. The van der Waals surface area contributed by atoms with E-state index in [-0.39, 0.29) is 5.69 Å². The first-order valence-electron chi connectivity index (χ1n) is 9.46. The first-order valence-corrected chi connectivity index (χ1v) is 10.3.